The van der Waals surface area contributed by atoms with E-state index >= 15 is 0 Å². The molecule has 2 aromatic carbocycles. The molecule has 0 saturated heterocycles. The van der Waals surface area contributed by atoms with E-state index in [-0.39, 0.29) is 17.2 Å². The number of carbonyl (C=O) groups excluding carboxylic acids is 1. The molecule has 2 N–H and O–H groups in total. The third kappa shape index (κ3) is 4.38. The van der Waals surface area contributed by atoms with Gasteiger partial charge in [0.15, 0.2) is 0 Å². The predicted molar refractivity (Wildman–Crippen MR) is 99.4 cm³/mol. The van der Waals surface area contributed by atoms with Crippen LogP contribution in [0.3, 0.4) is 0 Å². The third-order valence-corrected chi connectivity index (χ3v) is 4.41. The molecular weight excluding hydrogens is 296 g/mol. The Balaban J connectivity index is 1.56. The summed E-state index contributed by atoms with van der Waals surface area (Å²) in [5, 5.41) is 6.41. The molecule has 2 aromatic rings. The van der Waals surface area contributed by atoms with Crippen LogP contribution >= 0.6 is 0 Å². The first-order chi connectivity index (χ1) is 11.4. The fourth-order valence-corrected chi connectivity index (χ4v) is 2.61. The first kappa shape index (κ1) is 16.6. The van der Waals surface area contributed by atoms with E-state index in [1.54, 1.807) is 0 Å². The molecule has 0 spiro atoms. The lowest BCUT2D eigenvalue weighted by Gasteiger charge is -2.19. The summed E-state index contributed by atoms with van der Waals surface area (Å²) >= 11 is 0. The molecule has 0 heterocycles. The molecule has 1 fully saturated rings. The van der Waals surface area contributed by atoms with Crippen LogP contribution < -0.4 is 10.6 Å². The van der Waals surface area contributed by atoms with Crippen molar-refractivity contribution < 1.29 is 4.79 Å². The zero-order valence-corrected chi connectivity index (χ0v) is 14.7. The van der Waals surface area contributed by atoms with Crippen LogP contribution in [-0.2, 0) is 16.8 Å². The van der Waals surface area contributed by atoms with Crippen LogP contribution in [0.5, 0.6) is 0 Å². The van der Waals surface area contributed by atoms with Gasteiger partial charge < -0.3 is 10.6 Å². The van der Waals surface area contributed by atoms with E-state index in [2.05, 4.69) is 79.9 Å². The lowest BCUT2D eigenvalue weighted by Crippen LogP contribution is -2.24. The second-order valence-electron chi connectivity index (χ2n) is 7.64. The Morgan fingerprint density at radius 1 is 0.958 bits per heavy atom. The van der Waals surface area contributed by atoms with Crippen molar-refractivity contribution in [3.8, 4) is 0 Å². The van der Waals surface area contributed by atoms with Crippen molar-refractivity contribution in [1.29, 1.82) is 0 Å². The summed E-state index contributed by atoms with van der Waals surface area (Å²) in [7, 11) is 0. The van der Waals surface area contributed by atoms with Crippen molar-refractivity contribution in [2.45, 2.75) is 45.6 Å². The van der Waals surface area contributed by atoms with Crippen LogP contribution in [0, 0.1) is 5.92 Å². The number of benzene rings is 2. The molecule has 1 aliphatic carbocycles. The van der Waals surface area contributed by atoms with E-state index in [1.807, 2.05) is 0 Å². The number of amides is 1. The van der Waals surface area contributed by atoms with Crippen LogP contribution in [-0.4, -0.2) is 5.91 Å². The van der Waals surface area contributed by atoms with Gasteiger partial charge in [-0.15, -0.1) is 0 Å². The molecule has 0 radical (unpaired) electrons. The Morgan fingerprint density at radius 3 is 2.00 bits per heavy atom. The van der Waals surface area contributed by atoms with Gasteiger partial charge in [0.25, 0.3) is 0 Å². The minimum absolute atomic E-state index is 0.172. The SMILES string of the molecule is CC(C)(C)c1ccc(Nc2ccc(CNC(=O)C3CC3)cc2)cc1. The number of rotatable bonds is 5. The Morgan fingerprint density at radius 2 is 1.50 bits per heavy atom. The minimum atomic E-state index is 0.172. The Hall–Kier alpha value is -2.29. The second kappa shape index (κ2) is 6.68. The standard InChI is InChI=1S/C21H26N2O/c1-21(2,3)17-8-12-19(13-9-17)23-18-10-4-15(5-11-18)14-22-20(24)16-6-7-16/h4-5,8-13,16,23H,6-7,14H2,1-3H3,(H,22,24). The van der Waals surface area contributed by atoms with Crippen LogP contribution in [0.1, 0.15) is 44.7 Å². The van der Waals surface area contributed by atoms with Gasteiger partial charge in [-0.3, -0.25) is 4.79 Å². The van der Waals surface area contributed by atoms with Gasteiger partial charge >= 0.3 is 0 Å². The molecule has 1 amide bonds. The lowest BCUT2D eigenvalue weighted by molar-refractivity contribution is -0.122. The van der Waals surface area contributed by atoms with E-state index in [4.69, 9.17) is 0 Å². The van der Waals surface area contributed by atoms with Crippen molar-refractivity contribution in [3.05, 3.63) is 59.7 Å². The smallest absolute Gasteiger partial charge is 0.223 e. The molecule has 0 unspecified atom stereocenters. The highest BCUT2D eigenvalue weighted by atomic mass is 16.2. The van der Waals surface area contributed by atoms with Crippen molar-refractivity contribution >= 4 is 17.3 Å². The van der Waals surface area contributed by atoms with Gasteiger partial charge in [0.1, 0.15) is 0 Å². The van der Waals surface area contributed by atoms with Gasteiger partial charge in [-0.25, -0.2) is 0 Å². The largest absolute Gasteiger partial charge is 0.356 e. The quantitative estimate of drug-likeness (QED) is 0.833. The first-order valence-electron chi connectivity index (χ1n) is 8.66. The first-order valence-corrected chi connectivity index (χ1v) is 8.66. The van der Waals surface area contributed by atoms with Gasteiger partial charge in [0, 0.05) is 23.8 Å². The summed E-state index contributed by atoms with van der Waals surface area (Å²) in [6, 6.07) is 16.8. The molecule has 1 aliphatic rings. The van der Waals surface area contributed by atoms with Crippen molar-refractivity contribution in [2.75, 3.05) is 5.32 Å². The summed E-state index contributed by atoms with van der Waals surface area (Å²) in [5.74, 6) is 0.457. The summed E-state index contributed by atoms with van der Waals surface area (Å²) in [6.45, 7) is 7.26. The van der Waals surface area contributed by atoms with Crippen LogP contribution in [0.4, 0.5) is 11.4 Å². The fraction of sp³-hybridized carbons (Fsp3) is 0.381. The van der Waals surface area contributed by atoms with Gasteiger partial charge in [-0.1, -0.05) is 45.0 Å². The summed E-state index contributed by atoms with van der Waals surface area (Å²) in [5.41, 5.74) is 4.76. The zero-order valence-electron chi connectivity index (χ0n) is 14.7. The van der Waals surface area contributed by atoms with Crippen molar-refractivity contribution in [1.82, 2.24) is 5.32 Å². The molecule has 0 aromatic heterocycles. The molecule has 0 atom stereocenters. The molecule has 0 aliphatic heterocycles. The maximum Gasteiger partial charge on any atom is 0.223 e. The van der Waals surface area contributed by atoms with E-state index < -0.39 is 0 Å². The monoisotopic (exact) mass is 322 g/mol. The normalized spacial score (nSPS) is 14.3. The molecule has 3 heteroatoms. The maximum absolute atomic E-state index is 11.7. The molecule has 0 bridgehead atoms. The van der Waals surface area contributed by atoms with E-state index in [1.165, 1.54) is 5.56 Å². The van der Waals surface area contributed by atoms with Crippen LogP contribution in [0.25, 0.3) is 0 Å². The minimum Gasteiger partial charge on any atom is -0.356 e. The number of anilines is 2. The number of hydrogen-bond acceptors (Lipinski definition) is 2. The van der Waals surface area contributed by atoms with Gasteiger partial charge in [-0.2, -0.15) is 0 Å². The fourth-order valence-electron chi connectivity index (χ4n) is 2.61. The maximum atomic E-state index is 11.7. The molecule has 126 valence electrons. The number of nitrogens with one attached hydrogen (secondary N) is 2. The van der Waals surface area contributed by atoms with E-state index in [9.17, 15) is 4.79 Å². The third-order valence-electron chi connectivity index (χ3n) is 4.41. The number of hydrogen-bond donors (Lipinski definition) is 2. The highest BCUT2D eigenvalue weighted by molar-refractivity contribution is 5.80. The highest BCUT2D eigenvalue weighted by Crippen LogP contribution is 2.29. The van der Waals surface area contributed by atoms with Gasteiger partial charge in [-0.05, 0) is 53.6 Å². The van der Waals surface area contributed by atoms with Crippen molar-refractivity contribution in [2.24, 2.45) is 5.92 Å². The average Bonchev–Trinajstić information content (AvgIpc) is 3.38. The zero-order chi connectivity index (χ0) is 17.2. The summed E-state index contributed by atoms with van der Waals surface area (Å²) < 4.78 is 0. The van der Waals surface area contributed by atoms with Crippen molar-refractivity contribution in [3.63, 3.8) is 0 Å². The van der Waals surface area contributed by atoms with Gasteiger partial charge in [0.05, 0.1) is 0 Å². The second-order valence-corrected chi connectivity index (χ2v) is 7.64. The molecule has 3 rings (SSSR count). The molecule has 24 heavy (non-hydrogen) atoms. The Bertz CT molecular complexity index is 692. The lowest BCUT2D eigenvalue weighted by atomic mass is 9.87. The predicted octanol–water partition coefficient (Wildman–Crippen LogP) is 4.75. The van der Waals surface area contributed by atoms with E-state index in [0.717, 1.165) is 29.8 Å². The summed E-state index contributed by atoms with van der Waals surface area (Å²) in [6.07, 6.45) is 2.09. The molecular formula is C21H26N2O. The Labute approximate surface area is 144 Å². The Kier molecular flexibility index (Phi) is 4.61. The highest BCUT2D eigenvalue weighted by Gasteiger charge is 2.29. The van der Waals surface area contributed by atoms with Crippen LogP contribution in [0.2, 0.25) is 0 Å². The average molecular weight is 322 g/mol. The molecule has 1 saturated carbocycles. The van der Waals surface area contributed by atoms with Gasteiger partial charge in [0.2, 0.25) is 5.91 Å². The topological polar surface area (TPSA) is 41.1 Å². The summed E-state index contributed by atoms with van der Waals surface area (Å²) in [4.78, 5) is 11.7. The van der Waals surface area contributed by atoms with E-state index in [0.29, 0.717) is 6.54 Å². The molecule has 3 nitrogen and oxygen atoms in total. The van der Waals surface area contributed by atoms with Crippen LogP contribution in [0.15, 0.2) is 48.5 Å². The number of carbonyl (C=O) groups is 1.